The smallest absolute Gasteiger partial charge is 0.00990 e. The van der Waals surface area contributed by atoms with E-state index in [9.17, 15) is 0 Å². The Morgan fingerprint density at radius 2 is 0.833 bits per heavy atom. The topological polar surface area (TPSA) is 0 Å². The predicted molar refractivity (Wildman–Crippen MR) is 130 cm³/mol. The van der Waals surface area contributed by atoms with Crippen LogP contribution in [0.1, 0.15) is 0 Å². The molecule has 0 spiro atoms. The second-order valence-corrected chi connectivity index (χ2v) is 7.87. The van der Waals surface area contributed by atoms with Crippen molar-refractivity contribution in [3.05, 3.63) is 121 Å². The van der Waals surface area contributed by atoms with Crippen LogP contribution in [0.5, 0.6) is 0 Å². The minimum atomic E-state index is 1.25. The van der Waals surface area contributed by atoms with Gasteiger partial charge < -0.3 is 0 Å². The van der Waals surface area contributed by atoms with Crippen molar-refractivity contribution < 1.29 is 0 Å². The number of rotatable bonds is 2. The second kappa shape index (κ2) is 6.86. The van der Waals surface area contributed by atoms with Crippen LogP contribution >= 0.6 is 0 Å². The van der Waals surface area contributed by atoms with Crippen LogP contribution in [0.2, 0.25) is 0 Å². The third-order valence-electron chi connectivity index (χ3n) is 6.01. The molecule has 6 rings (SSSR count). The minimum absolute atomic E-state index is 1.25. The van der Waals surface area contributed by atoms with E-state index in [1.165, 1.54) is 54.6 Å². The molecule has 0 saturated heterocycles. The van der Waals surface area contributed by atoms with Crippen LogP contribution in [0.15, 0.2) is 121 Å². The van der Waals surface area contributed by atoms with Gasteiger partial charge in [-0.1, -0.05) is 97.1 Å². The lowest BCUT2D eigenvalue weighted by molar-refractivity contribution is 1.61. The fourth-order valence-corrected chi connectivity index (χ4v) is 4.44. The molecule has 0 nitrogen and oxygen atoms in total. The normalized spacial score (nSPS) is 11.3. The number of fused-ring (bicyclic) bond motifs is 3. The molecular formula is C30H20. The van der Waals surface area contributed by atoms with E-state index in [1.807, 2.05) is 0 Å². The monoisotopic (exact) mass is 380 g/mol. The van der Waals surface area contributed by atoms with E-state index in [2.05, 4.69) is 121 Å². The van der Waals surface area contributed by atoms with Crippen molar-refractivity contribution in [3.8, 4) is 22.3 Å². The summed E-state index contributed by atoms with van der Waals surface area (Å²) in [5.74, 6) is 0. The van der Waals surface area contributed by atoms with Crippen molar-refractivity contribution in [2.24, 2.45) is 0 Å². The van der Waals surface area contributed by atoms with Gasteiger partial charge in [-0.3, -0.25) is 0 Å². The molecule has 0 saturated carbocycles. The summed E-state index contributed by atoms with van der Waals surface area (Å²) >= 11 is 0. The standard InChI is InChI=1S/C30H20/c1-2-7-21(8-3-1)22-13-15-23(16-14-22)29-12-6-11-26-19-27-17-24-9-4-5-10-25(24)18-28(27)20-30(26)29/h1-20H. The number of hydrogen-bond acceptors (Lipinski definition) is 0. The summed E-state index contributed by atoms with van der Waals surface area (Å²) in [7, 11) is 0. The maximum absolute atomic E-state index is 2.34. The molecular weight excluding hydrogens is 360 g/mol. The van der Waals surface area contributed by atoms with E-state index in [0.717, 1.165) is 0 Å². The second-order valence-electron chi connectivity index (χ2n) is 7.87. The largest absolute Gasteiger partial charge is 0.0622 e. The molecule has 0 aromatic heterocycles. The van der Waals surface area contributed by atoms with E-state index < -0.39 is 0 Å². The zero-order chi connectivity index (χ0) is 19.9. The molecule has 0 fully saturated rings. The Labute approximate surface area is 176 Å². The maximum atomic E-state index is 2.34. The molecule has 0 aliphatic carbocycles. The maximum Gasteiger partial charge on any atom is -0.00990 e. The van der Waals surface area contributed by atoms with Gasteiger partial charge in [-0.25, -0.2) is 0 Å². The first kappa shape index (κ1) is 17.0. The molecule has 6 aromatic rings. The lowest BCUT2D eigenvalue weighted by Gasteiger charge is -2.11. The van der Waals surface area contributed by atoms with Gasteiger partial charge in [-0.2, -0.15) is 0 Å². The molecule has 0 atom stereocenters. The third-order valence-corrected chi connectivity index (χ3v) is 6.01. The lowest BCUT2D eigenvalue weighted by atomic mass is 9.93. The van der Waals surface area contributed by atoms with Gasteiger partial charge in [0, 0.05) is 0 Å². The SMILES string of the molecule is c1ccc(-c2ccc(-c3cccc4cc5cc6ccccc6cc5cc34)cc2)cc1. The molecule has 0 heteroatoms. The van der Waals surface area contributed by atoms with Gasteiger partial charge in [0.1, 0.15) is 0 Å². The summed E-state index contributed by atoms with van der Waals surface area (Å²) < 4.78 is 0. The summed E-state index contributed by atoms with van der Waals surface area (Å²) in [6.45, 7) is 0. The van der Waals surface area contributed by atoms with Crippen LogP contribution in [0.25, 0.3) is 54.6 Å². The van der Waals surface area contributed by atoms with Crippen LogP contribution in [-0.2, 0) is 0 Å². The van der Waals surface area contributed by atoms with Crippen molar-refractivity contribution in [2.45, 2.75) is 0 Å². The van der Waals surface area contributed by atoms with Gasteiger partial charge in [0.05, 0.1) is 0 Å². The average molecular weight is 380 g/mol. The molecule has 6 aromatic carbocycles. The van der Waals surface area contributed by atoms with Crippen LogP contribution in [0.4, 0.5) is 0 Å². The Bertz CT molecular complexity index is 1510. The molecule has 0 aliphatic heterocycles. The quantitative estimate of drug-likeness (QED) is 0.264. The zero-order valence-electron chi connectivity index (χ0n) is 16.5. The Kier molecular flexibility index (Phi) is 3.89. The summed E-state index contributed by atoms with van der Waals surface area (Å²) in [4.78, 5) is 0. The molecule has 140 valence electrons. The van der Waals surface area contributed by atoms with Crippen molar-refractivity contribution in [1.29, 1.82) is 0 Å². The van der Waals surface area contributed by atoms with E-state index in [0.29, 0.717) is 0 Å². The number of hydrogen-bond donors (Lipinski definition) is 0. The van der Waals surface area contributed by atoms with Gasteiger partial charge in [0.2, 0.25) is 0 Å². The third kappa shape index (κ3) is 2.86. The number of benzene rings is 6. The molecule has 0 aliphatic rings. The summed E-state index contributed by atoms with van der Waals surface area (Å²) in [5.41, 5.74) is 5.03. The van der Waals surface area contributed by atoms with Crippen LogP contribution in [0, 0.1) is 0 Å². The zero-order valence-corrected chi connectivity index (χ0v) is 16.5. The first-order valence-corrected chi connectivity index (χ1v) is 10.4. The van der Waals surface area contributed by atoms with Gasteiger partial charge in [0.15, 0.2) is 0 Å². The lowest BCUT2D eigenvalue weighted by Crippen LogP contribution is -1.84. The van der Waals surface area contributed by atoms with E-state index in [1.54, 1.807) is 0 Å². The van der Waals surface area contributed by atoms with Crippen molar-refractivity contribution in [3.63, 3.8) is 0 Å². The van der Waals surface area contributed by atoms with Crippen LogP contribution in [0.3, 0.4) is 0 Å². The predicted octanol–water partition coefficient (Wildman–Crippen LogP) is 8.48. The molecule has 0 N–H and O–H groups in total. The van der Waals surface area contributed by atoms with E-state index in [4.69, 9.17) is 0 Å². The van der Waals surface area contributed by atoms with Crippen molar-refractivity contribution in [1.82, 2.24) is 0 Å². The Morgan fingerprint density at radius 3 is 1.57 bits per heavy atom. The van der Waals surface area contributed by atoms with Gasteiger partial charge >= 0.3 is 0 Å². The fraction of sp³-hybridized carbons (Fsp3) is 0. The Hall–Kier alpha value is -3.90. The van der Waals surface area contributed by atoms with Crippen LogP contribution < -0.4 is 0 Å². The van der Waals surface area contributed by atoms with Gasteiger partial charge in [-0.05, 0) is 78.8 Å². The highest BCUT2D eigenvalue weighted by atomic mass is 14.1. The van der Waals surface area contributed by atoms with E-state index in [-0.39, 0.29) is 0 Å². The molecule has 0 amide bonds. The van der Waals surface area contributed by atoms with Gasteiger partial charge in [0.25, 0.3) is 0 Å². The highest BCUT2D eigenvalue weighted by Gasteiger charge is 2.07. The summed E-state index contributed by atoms with van der Waals surface area (Å²) in [6.07, 6.45) is 0. The molecule has 30 heavy (non-hydrogen) atoms. The molecule has 0 bridgehead atoms. The van der Waals surface area contributed by atoms with Crippen molar-refractivity contribution in [2.75, 3.05) is 0 Å². The first-order valence-electron chi connectivity index (χ1n) is 10.4. The molecule has 0 unspecified atom stereocenters. The Morgan fingerprint density at radius 1 is 0.300 bits per heavy atom. The van der Waals surface area contributed by atoms with E-state index >= 15 is 0 Å². The van der Waals surface area contributed by atoms with Gasteiger partial charge in [-0.15, -0.1) is 0 Å². The Balaban J connectivity index is 1.52. The summed E-state index contributed by atoms with van der Waals surface area (Å²) in [5, 5.41) is 7.73. The minimum Gasteiger partial charge on any atom is -0.0622 e. The first-order chi connectivity index (χ1) is 14.8. The average Bonchev–Trinajstić information content (AvgIpc) is 2.82. The molecule has 0 heterocycles. The van der Waals surface area contributed by atoms with Crippen LogP contribution in [-0.4, -0.2) is 0 Å². The summed E-state index contributed by atoms with van der Waals surface area (Å²) in [6, 6.07) is 43.9. The molecule has 0 radical (unpaired) electrons. The van der Waals surface area contributed by atoms with Crippen molar-refractivity contribution >= 4 is 32.3 Å². The fourth-order valence-electron chi connectivity index (χ4n) is 4.44. The highest BCUT2D eigenvalue weighted by Crippen LogP contribution is 2.34. The highest BCUT2D eigenvalue weighted by molar-refractivity contribution is 6.08.